The number of hydrogen-bond acceptors (Lipinski definition) is 4. The van der Waals surface area contributed by atoms with Crippen molar-refractivity contribution < 1.29 is 14.4 Å². The highest BCUT2D eigenvalue weighted by Crippen LogP contribution is 2.02. The number of likely N-dealkylation sites (N-methyl/N-ethyl adjacent to an activating group) is 1. The monoisotopic (exact) mass is 200 g/mol. The van der Waals surface area contributed by atoms with Crippen LogP contribution in [0.2, 0.25) is 0 Å². The lowest BCUT2D eigenvalue weighted by molar-refractivity contribution is -0.142. The molecule has 6 heteroatoms. The molecule has 1 heterocycles. The van der Waals surface area contributed by atoms with Gasteiger partial charge in [-0.2, -0.15) is 0 Å². The Labute approximate surface area is 80.1 Å². The highest BCUT2D eigenvalue weighted by Gasteiger charge is 2.22. The summed E-state index contributed by atoms with van der Waals surface area (Å²) in [5, 5.41) is 11.1. The van der Waals surface area contributed by atoms with Gasteiger partial charge in [0, 0.05) is 12.6 Å². The van der Waals surface area contributed by atoms with Gasteiger partial charge < -0.3 is 9.63 Å². The van der Waals surface area contributed by atoms with Crippen LogP contribution in [0.4, 0.5) is 0 Å². The molecular weight excluding hydrogens is 188 g/mol. The summed E-state index contributed by atoms with van der Waals surface area (Å²) in [6.45, 7) is 0. The minimum Gasteiger partial charge on any atom is -0.480 e. The van der Waals surface area contributed by atoms with E-state index in [0.717, 1.165) is 0 Å². The van der Waals surface area contributed by atoms with E-state index in [4.69, 9.17) is 5.11 Å². The maximum atomic E-state index is 11.0. The molecule has 0 saturated heterocycles. The quantitative estimate of drug-likeness (QED) is 0.685. The first-order valence-electron chi connectivity index (χ1n) is 4.07. The van der Waals surface area contributed by atoms with Crippen LogP contribution in [0, 0.1) is 0 Å². The lowest BCUT2D eigenvalue weighted by atomic mass is 10.1. The number of hydrogen-bond donors (Lipinski definition) is 2. The second-order valence-electron chi connectivity index (χ2n) is 3.20. The zero-order valence-electron chi connectivity index (χ0n) is 7.98. The predicted octanol–water partition coefficient (Wildman–Crippen LogP) is -0.475. The Balaban J connectivity index is 2.80. The zero-order valence-corrected chi connectivity index (χ0v) is 7.98. The van der Waals surface area contributed by atoms with Crippen LogP contribution in [0.25, 0.3) is 0 Å². The van der Waals surface area contributed by atoms with Gasteiger partial charge in [0.05, 0.1) is 5.56 Å². The molecule has 0 amide bonds. The molecule has 0 aromatic carbocycles. The molecule has 0 spiro atoms. The molecule has 1 aromatic rings. The zero-order chi connectivity index (χ0) is 10.7. The van der Waals surface area contributed by atoms with Crippen molar-refractivity contribution in [2.24, 2.45) is 0 Å². The number of carboxylic acid groups (broad SMARTS) is 1. The van der Waals surface area contributed by atoms with Gasteiger partial charge >= 0.3 is 11.6 Å². The van der Waals surface area contributed by atoms with Gasteiger partial charge in [0.25, 0.3) is 0 Å². The van der Waals surface area contributed by atoms with E-state index in [1.54, 1.807) is 14.1 Å². The molecule has 1 atom stereocenters. The summed E-state index contributed by atoms with van der Waals surface area (Å²) in [6.07, 6.45) is 1.51. The van der Waals surface area contributed by atoms with Crippen LogP contribution in [0.5, 0.6) is 0 Å². The third-order valence-corrected chi connectivity index (χ3v) is 1.97. The maximum absolute atomic E-state index is 11.0. The van der Waals surface area contributed by atoms with Crippen LogP contribution in [0.15, 0.2) is 15.5 Å². The molecule has 6 nitrogen and oxygen atoms in total. The van der Waals surface area contributed by atoms with Gasteiger partial charge in [0.1, 0.15) is 6.04 Å². The van der Waals surface area contributed by atoms with Gasteiger partial charge in [-0.25, -0.2) is 9.95 Å². The summed E-state index contributed by atoms with van der Waals surface area (Å²) in [5.74, 6) is -0.962. The van der Waals surface area contributed by atoms with Crippen molar-refractivity contribution in [2.75, 3.05) is 14.1 Å². The minimum absolute atomic E-state index is 0.133. The van der Waals surface area contributed by atoms with Crippen molar-refractivity contribution in [3.05, 3.63) is 22.2 Å². The molecule has 0 bridgehead atoms. The Morgan fingerprint density at radius 2 is 2.36 bits per heavy atom. The topological polar surface area (TPSA) is 86.5 Å². The highest BCUT2D eigenvalue weighted by molar-refractivity contribution is 5.73. The van der Waals surface area contributed by atoms with Crippen LogP contribution in [0.3, 0.4) is 0 Å². The third-order valence-electron chi connectivity index (χ3n) is 1.97. The number of carboxylic acids is 1. The standard InChI is InChI=1S/C8H12N2O4/c1-10(2)6(7(11)12)3-5-4-9-14-8(5)13/h4,6,9H,3H2,1-2H3,(H,11,12)/t6-/m0/s1. The third kappa shape index (κ3) is 2.23. The molecule has 2 N–H and O–H groups in total. The molecule has 1 rings (SSSR count). The normalized spacial score (nSPS) is 13.1. The lowest BCUT2D eigenvalue weighted by Gasteiger charge is -2.18. The van der Waals surface area contributed by atoms with Crippen molar-refractivity contribution in [3.8, 4) is 0 Å². The maximum Gasteiger partial charge on any atom is 0.360 e. The van der Waals surface area contributed by atoms with Gasteiger partial charge in [-0.15, -0.1) is 0 Å². The number of nitrogens with one attached hydrogen (secondary N) is 1. The number of nitrogens with zero attached hydrogens (tertiary/aromatic N) is 1. The SMILES string of the molecule is CN(C)[C@@H](Cc1c[nH]oc1=O)C(=O)O. The summed E-state index contributed by atoms with van der Waals surface area (Å²) >= 11 is 0. The molecule has 0 aliphatic carbocycles. The number of aliphatic carboxylic acids is 1. The van der Waals surface area contributed by atoms with Gasteiger partial charge in [0.2, 0.25) is 0 Å². The summed E-state index contributed by atoms with van der Waals surface area (Å²) < 4.78 is 4.43. The highest BCUT2D eigenvalue weighted by atomic mass is 16.5. The van der Waals surface area contributed by atoms with E-state index in [1.165, 1.54) is 11.1 Å². The Morgan fingerprint density at radius 1 is 1.71 bits per heavy atom. The number of carbonyl (C=O) groups is 1. The van der Waals surface area contributed by atoms with Gasteiger partial charge in [-0.05, 0) is 14.1 Å². The Kier molecular flexibility index (Phi) is 3.08. The van der Waals surface area contributed by atoms with Gasteiger partial charge in [0.15, 0.2) is 0 Å². The van der Waals surface area contributed by atoms with Crippen LogP contribution in [-0.2, 0) is 11.2 Å². The number of H-pyrrole nitrogens is 1. The number of aromatic nitrogens is 1. The van der Waals surface area contributed by atoms with Crippen LogP contribution < -0.4 is 5.63 Å². The van der Waals surface area contributed by atoms with E-state index in [9.17, 15) is 9.59 Å². The molecule has 0 aliphatic heterocycles. The van der Waals surface area contributed by atoms with Gasteiger partial charge in [-0.3, -0.25) is 9.69 Å². The van der Waals surface area contributed by atoms with E-state index in [2.05, 4.69) is 9.68 Å². The molecule has 14 heavy (non-hydrogen) atoms. The first-order chi connectivity index (χ1) is 6.52. The second kappa shape index (κ2) is 4.10. The molecular formula is C8H12N2O4. The predicted molar refractivity (Wildman–Crippen MR) is 48.1 cm³/mol. The number of aromatic amines is 1. The average Bonchev–Trinajstić information content (AvgIpc) is 2.46. The fourth-order valence-corrected chi connectivity index (χ4v) is 1.12. The van der Waals surface area contributed by atoms with Crippen LogP contribution in [-0.4, -0.2) is 41.3 Å². The molecule has 1 aromatic heterocycles. The molecule has 0 fully saturated rings. The molecule has 0 saturated carbocycles. The molecule has 78 valence electrons. The van der Waals surface area contributed by atoms with E-state index < -0.39 is 17.6 Å². The number of rotatable bonds is 4. The van der Waals surface area contributed by atoms with Crippen molar-refractivity contribution in [1.29, 1.82) is 0 Å². The van der Waals surface area contributed by atoms with Gasteiger partial charge in [-0.1, -0.05) is 0 Å². The lowest BCUT2D eigenvalue weighted by Crippen LogP contribution is -2.38. The van der Waals surface area contributed by atoms with E-state index in [1.807, 2.05) is 0 Å². The van der Waals surface area contributed by atoms with Crippen molar-refractivity contribution in [3.63, 3.8) is 0 Å². The average molecular weight is 200 g/mol. The van der Waals surface area contributed by atoms with Crippen molar-refractivity contribution in [1.82, 2.24) is 10.1 Å². The summed E-state index contributed by atoms with van der Waals surface area (Å²) in [6, 6.07) is -0.714. The van der Waals surface area contributed by atoms with Crippen molar-refractivity contribution in [2.45, 2.75) is 12.5 Å². The van der Waals surface area contributed by atoms with E-state index in [0.29, 0.717) is 5.56 Å². The second-order valence-corrected chi connectivity index (χ2v) is 3.20. The fourth-order valence-electron chi connectivity index (χ4n) is 1.12. The Hall–Kier alpha value is -1.56. The summed E-state index contributed by atoms with van der Waals surface area (Å²) in [4.78, 5) is 23.3. The summed E-state index contributed by atoms with van der Waals surface area (Å²) in [5.41, 5.74) is -0.177. The van der Waals surface area contributed by atoms with E-state index >= 15 is 0 Å². The Morgan fingerprint density at radius 3 is 2.71 bits per heavy atom. The first-order valence-corrected chi connectivity index (χ1v) is 4.07. The summed E-state index contributed by atoms with van der Waals surface area (Å²) in [7, 11) is 3.29. The van der Waals surface area contributed by atoms with Crippen LogP contribution in [0.1, 0.15) is 5.56 Å². The molecule has 0 aliphatic rings. The first kappa shape index (κ1) is 10.5. The van der Waals surface area contributed by atoms with Crippen molar-refractivity contribution >= 4 is 5.97 Å². The van der Waals surface area contributed by atoms with Crippen LogP contribution >= 0.6 is 0 Å². The smallest absolute Gasteiger partial charge is 0.360 e. The largest absolute Gasteiger partial charge is 0.480 e. The Bertz CT molecular complexity index is 365. The fraction of sp³-hybridized carbons (Fsp3) is 0.500. The van der Waals surface area contributed by atoms with E-state index in [-0.39, 0.29) is 6.42 Å². The molecule has 0 radical (unpaired) electrons. The minimum atomic E-state index is -0.962. The molecule has 0 unspecified atom stereocenters.